The molecule has 0 aromatic heterocycles. The number of carbonyl (C=O) groups excluding carboxylic acids is 1. The average molecular weight is 310 g/mol. The number of benzene rings is 1. The zero-order chi connectivity index (χ0) is 15.0. The van der Waals surface area contributed by atoms with Gasteiger partial charge in [-0.05, 0) is 25.3 Å². The summed E-state index contributed by atoms with van der Waals surface area (Å²) >= 11 is 6.29. The molecular formula is C16H20ClNO3. The molecular weight excluding hydrogens is 290 g/mol. The Morgan fingerprint density at radius 3 is 2.29 bits per heavy atom. The maximum atomic E-state index is 11.9. The first-order valence-corrected chi connectivity index (χ1v) is 7.73. The second kappa shape index (κ2) is 5.76. The minimum absolute atomic E-state index is 0.267. The summed E-state index contributed by atoms with van der Waals surface area (Å²) in [7, 11) is 3.24. The van der Waals surface area contributed by atoms with E-state index in [4.69, 9.17) is 21.1 Å². The summed E-state index contributed by atoms with van der Waals surface area (Å²) in [6.45, 7) is 0. The summed E-state index contributed by atoms with van der Waals surface area (Å²) in [5.41, 5.74) is 0.977. The van der Waals surface area contributed by atoms with Gasteiger partial charge in [-0.2, -0.15) is 0 Å². The molecule has 2 saturated heterocycles. The van der Waals surface area contributed by atoms with Crippen molar-refractivity contribution in [3.05, 3.63) is 17.2 Å². The molecule has 0 saturated carbocycles. The molecule has 0 aliphatic carbocycles. The van der Waals surface area contributed by atoms with Crippen LogP contribution in [0.2, 0.25) is 5.02 Å². The Hall–Kier alpha value is -1.42. The van der Waals surface area contributed by atoms with Gasteiger partial charge in [0, 0.05) is 31.0 Å². The van der Waals surface area contributed by atoms with Crippen molar-refractivity contribution < 1.29 is 14.3 Å². The fourth-order valence-corrected chi connectivity index (χ4v) is 3.85. The van der Waals surface area contributed by atoms with E-state index < -0.39 is 0 Å². The Morgan fingerprint density at radius 1 is 1.10 bits per heavy atom. The van der Waals surface area contributed by atoms with Gasteiger partial charge in [0.2, 0.25) is 0 Å². The standard InChI is InChI=1S/C16H20ClNO3/c1-20-15-9-16(21-2)14(8-13(15)17)18-10-4-3-5-11(18)7-12(19)6-10/h8-11H,3-7H2,1-2H3. The van der Waals surface area contributed by atoms with E-state index in [9.17, 15) is 4.79 Å². The van der Waals surface area contributed by atoms with E-state index in [2.05, 4.69) is 4.90 Å². The quantitative estimate of drug-likeness (QED) is 0.857. The highest BCUT2D eigenvalue weighted by Crippen LogP contribution is 2.44. The van der Waals surface area contributed by atoms with Crippen LogP contribution in [0.1, 0.15) is 32.1 Å². The minimum Gasteiger partial charge on any atom is -0.495 e. The molecule has 0 radical (unpaired) electrons. The van der Waals surface area contributed by atoms with E-state index in [-0.39, 0.29) is 12.1 Å². The number of hydrogen-bond acceptors (Lipinski definition) is 4. The van der Waals surface area contributed by atoms with Gasteiger partial charge < -0.3 is 14.4 Å². The van der Waals surface area contributed by atoms with E-state index in [0.29, 0.717) is 29.4 Å². The Morgan fingerprint density at radius 2 is 1.71 bits per heavy atom. The van der Waals surface area contributed by atoms with Crippen molar-refractivity contribution in [2.75, 3.05) is 19.1 Å². The molecule has 3 rings (SSSR count). The van der Waals surface area contributed by atoms with Crippen LogP contribution in [0, 0.1) is 0 Å². The molecule has 2 fully saturated rings. The van der Waals surface area contributed by atoms with E-state index >= 15 is 0 Å². The van der Waals surface area contributed by atoms with Gasteiger partial charge in [-0.3, -0.25) is 4.79 Å². The van der Waals surface area contributed by atoms with Crippen LogP contribution in [0.4, 0.5) is 5.69 Å². The van der Waals surface area contributed by atoms with Crippen LogP contribution in [0.5, 0.6) is 11.5 Å². The van der Waals surface area contributed by atoms with Crippen molar-refractivity contribution in [3.8, 4) is 11.5 Å². The summed E-state index contributed by atoms with van der Waals surface area (Å²) in [4.78, 5) is 14.2. The number of nitrogens with zero attached hydrogens (tertiary/aromatic N) is 1. The number of anilines is 1. The lowest BCUT2D eigenvalue weighted by Gasteiger charge is -2.47. The fraction of sp³-hybridized carbons (Fsp3) is 0.562. The summed E-state index contributed by atoms with van der Waals surface area (Å²) < 4.78 is 10.8. The monoisotopic (exact) mass is 309 g/mol. The molecule has 2 aliphatic rings. The normalized spacial score (nSPS) is 24.9. The summed E-state index contributed by atoms with van der Waals surface area (Å²) in [5.74, 6) is 1.73. The topological polar surface area (TPSA) is 38.8 Å². The molecule has 114 valence electrons. The number of Topliss-reactive ketones (excluding diaryl/α,β-unsaturated/α-hetero) is 1. The molecule has 2 bridgehead atoms. The predicted molar refractivity (Wildman–Crippen MR) is 82.7 cm³/mol. The average Bonchev–Trinajstić information content (AvgIpc) is 2.46. The van der Waals surface area contributed by atoms with Gasteiger partial charge in [-0.1, -0.05) is 11.6 Å². The fourth-order valence-electron chi connectivity index (χ4n) is 3.61. The maximum Gasteiger partial charge on any atom is 0.145 e. The summed E-state index contributed by atoms with van der Waals surface area (Å²) in [5, 5.41) is 0.572. The second-order valence-electron chi connectivity index (χ2n) is 5.75. The van der Waals surface area contributed by atoms with Crippen molar-refractivity contribution in [3.63, 3.8) is 0 Å². The van der Waals surface area contributed by atoms with Crippen molar-refractivity contribution in [1.29, 1.82) is 0 Å². The van der Waals surface area contributed by atoms with Crippen LogP contribution < -0.4 is 14.4 Å². The number of methoxy groups -OCH3 is 2. The number of piperidine rings is 2. The van der Waals surface area contributed by atoms with E-state index in [1.54, 1.807) is 14.2 Å². The predicted octanol–water partition coefficient (Wildman–Crippen LogP) is 3.45. The van der Waals surface area contributed by atoms with Gasteiger partial charge in [0.1, 0.15) is 17.3 Å². The highest BCUT2D eigenvalue weighted by Gasteiger charge is 2.39. The van der Waals surface area contributed by atoms with Crippen LogP contribution in [-0.4, -0.2) is 32.1 Å². The third-order valence-electron chi connectivity index (χ3n) is 4.52. The van der Waals surface area contributed by atoms with Crippen LogP contribution in [-0.2, 0) is 4.79 Å². The molecule has 2 atom stereocenters. The number of carbonyl (C=O) groups is 1. The van der Waals surface area contributed by atoms with E-state index in [0.717, 1.165) is 24.3 Å². The van der Waals surface area contributed by atoms with Crippen molar-refractivity contribution in [2.45, 2.75) is 44.2 Å². The Labute approximate surface area is 130 Å². The number of fused-ring (bicyclic) bond motifs is 2. The van der Waals surface area contributed by atoms with Crippen molar-refractivity contribution in [2.24, 2.45) is 0 Å². The van der Waals surface area contributed by atoms with Gasteiger partial charge in [0.05, 0.1) is 24.9 Å². The maximum absolute atomic E-state index is 11.9. The minimum atomic E-state index is 0.267. The highest BCUT2D eigenvalue weighted by molar-refractivity contribution is 6.32. The molecule has 4 nitrogen and oxygen atoms in total. The Kier molecular flexibility index (Phi) is 3.98. The number of halogens is 1. The SMILES string of the molecule is COc1cc(OC)c(N2C3CCCC2CC(=O)C3)cc1Cl. The molecule has 21 heavy (non-hydrogen) atoms. The third kappa shape index (κ3) is 2.57. The van der Waals surface area contributed by atoms with Crippen LogP contribution in [0.25, 0.3) is 0 Å². The smallest absolute Gasteiger partial charge is 0.145 e. The first-order chi connectivity index (χ1) is 10.1. The molecule has 1 aromatic carbocycles. The van der Waals surface area contributed by atoms with E-state index in [1.807, 2.05) is 12.1 Å². The van der Waals surface area contributed by atoms with Gasteiger partial charge in [0.15, 0.2) is 0 Å². The number of rotatable bonds is 3. The van der Waals surface area contributed by atoms with Gasteiger partial charge in [-0.15, -0.1) is 0 Å². The zero-order valence-electron chi connectivity index (χ0n) is 12.4. The summed E-state index contributed by atoms with van der Waals surface area (Å²) in [6.07, 6.45) is 4.54. The molecule has 2 heterocycles. The van der Waals surface area contributed by atoms with Gasteiger partial charge in [-0.25, -0.2) is 0 Å². The molecule has 2 unspecified atom stereocenters. The van der Waals surface area contributed by atoms with Crippen LogP contribution in [0.15, 0.2) is 12.1 Å². The number of ether oxygens (including phenoxy) is 2. The van der Waals surface area contributed by atoms with Crippen molar-refractivity contribution >= 4 is 23.1 Å². The number of ketones is 1. The largest absolute Gasteiger partial charge is 0.495 e. The van der Waals surface area contributed by atoms with Gasteiger partial charge >= 0.3 is 0 Å². The Balaban J connectivity index is 2.03. The summed E-state index contributed by atoms with van der Waals surface area (Å²) in [6, 6.07) is 4.26. The molecule has 0 spiro atoms. The number of hydrogen-bond donors (Lipinski definition) is 0. The van der Waals surface area contributed by atoms with Gasteiger partial charge in [0.25, 0.3) is 0 Å². The molecule has 0 amide bonds. The zero-order valence-corrected chi connectivity index (χ0v) is 13.2. The lowest BCUT2D eigenvalue weighted by Crippen LogP contribution is -2.52. The van der Waals surface area contributed by atoms with Crippen LogP contribution in [0.3, 0.4) is 0 Å². The van der Waals surface area contributed by atoms with Crippen molar-refractivity contribution in [1.82, 2.24) is 0 Å². The lowest BCUT2D eigenvalue weighted by molar-refractivity contribution is -0.121. The first-order valence-electron chi connectivity index (χ1n) is 7.35. The third-order valence-corrected chi connectivity index (χ3v) is 4.81. The molecule has 2 aliphatic heterocycles. The van der Waals surface area contributed by atoms with Crippen LogP contribution >= 0.6 is 11.6 Å². The second-order valence-corrected chi connectivity index (χ2v) is 6.16. The first kappa shape index (κ1) is 14.5. The highest BCUT2D eigenvalue weighted by atomic mass is 35.5. The van der Waals surface area contributed by atoms with E-state index in [1.165, 1.54) is 6.42 Å². The molecule has 5 heteroatoms. The molecule has 0 N–H and O–H groups in total. The Bertz CT molecular complexity index is 545. The molecule has 1 aromatic rings. The lowest BCUT2D eigenvalue weighted by atomic mass is 9.83.